The molecule has 7 nitrogen and oxygen atoms in total. The van der Waals surface area contributed by atoms with Gasteiger partial charge in [-0.25, -0.2) is 14.8 Å². The molecule has 3 N–H and O–H groups in total. The summed E-state index contributed by atoms with van der Waals surface area (Å²) in [5.41, 5.74) is 3.02. The summed E-state index contributed by atoms with van der Waals surface area (Å²) in [7, 11) is 1.58. The molecule has 7 heteroatoms. The Kier molecular flexibility index (Phi) is 4.53. The second-order valence-corrected chi connectivity index (χ2v) is 5.10. The van der Waals surface area contributed by atoms with Gasteiger partial charge in [-0.05, 0) is 18.2 Å². The first kappa shape index (κ1) is 15.7. The first-order chi connectivity index (χ1) is 11.7. The van der Waals surface area contributed by atoms with Gasteiger partial charge in [-0.3, -0.25) is 0 Å². The van der Waals surface area contributed by atoms with Gasteiger partial charge in [0.15, 0.2) is 0 Å². The molecule has 3 rings (SSSR count). The first-order valence-corrected chi connectivity index (χ1v) is 7.26. The second kappa shape index (κ2) is 6.93. The van der Waals surface area contributed by atoms with Crippen molar-refractivity contribution in [3.8, 4) is 11.3 Å². The zero-order valence-electron chi connectivity index (χ0n) is 13.0. The third-order valence-corrected chi connectivity index (χ3v) is 3.38. The summed E-state index contributed by atoms with van der Waals surface area (Å²) >= 11 is 0. The van der Waals surface area contributed by atoms with Crippen LogP contribution in [0.5, 0.6) is 0 Å². The highest BCUT2D eigenvalue weighted by Crippen LogP contribution is 2.25. The van der Waals surface area contributed by atoms with E-state index in [1.54, 1.807) is 19.5 Å². The van der Waals surface area contributed by atoms with Crippen molar-refractivity contribution in [2.45, 2.75) is 6.61 Å². The van der Waals surface area contributed by atoms with Crippen LogP contribution in [0.25, 0.3) is 11.3 Å². The van der Waals surface area contributed by atoms with Crippen molar-refractivity contribution in [1.29, 1.82) is 0 Å². The van der Waals surface area contributed by atoms with E-state index < -0.39 is 5.97 Å². The minimum Gasteiger partial charge on any atom is -0.477 e. The van der Waals surface area contributed by atoms with Crippen molar-refractivity contribution in [3.63, 3.8) is 0 Å². The van der Waals surface area contributed by atoms with E-state index in [0.29, 0.717) is 23.8 Å². The largest absolute Gasteiger partial charge is 0.477 e. The highest BCUT2D eigenvalue weighted by atomic mass is 16.5. The van der Waals surface area contributed by atoms with Crippen LogP contribution in [0.3, 0.4) is 0 Å². The summed E-state index contributed by atoms with van der Waals surface area (Å²) in [6, 6.07) is 11.1. The number of hydrogen-bond donors (Lipinski definition) is 3. The fraction of sp³-hybridized carbons (Fsp3) is 0.118. The molecule has 2 aromatic heterocycles. The number of aromatic amines is 1. The number of aromatic carboxylic acids is 1. The average Bonchev–Trinajstić information content (AvgIpc) is 3.08. The average molecular weight is 324 g/mol. The van der Waals surface area contributed by atoms with Crippen LogP contribution in [0.4, 0.5) is 11.6 Å². The predicted molar refractivity (Wildman–Crippen MR) is 89.2 cm³/mol. The Balaban J connectivity index is 1.97. The fourth-order valence-corrected chi connectivity index (χ4v) is 2.28. The molecule has 24 heavy (non-hydrogen) atoms. The molecule has 1 aromatic carbocycles. The van der Waals surface area contributed by atoms with Crippen molar-refractivity contribution in [2.24, 2.45) is 0 Å². The third kappa shape index (κ3) is 3.41. The molecule has 0 spiro atoms. The maximum Gasteiger partial charge on any atom is 0.352 e. The second-order valence-electron chi connectivity index (χ2n) is 5.10. The number of aromatic nitrogens is 3. The van der Waals surface area contributed by atoms with Gasteiger partial charge in [0.05, 0.1) is 12.3 Å². The van der Waals surface area contributed by atoms with Gasteiger partial charge < -0.3 is 20.1 Å². The standard InChI is InChI=1S/C17H16N4O3/c1-24-10-12-9-19-17(20-13-5-3-2-4-6-13)21-15(12)11-7-14(16(22)23)18-8-11/h2-9,18H,10H2,1H3,(H,22,23)(H,19,20,21). The number of nitrogens with zero attached hydrogens (tertiary/aromatic N) is 2. The summed E-state index contributed by atoms with van der Waals surface area (Å²) < 4.78 is 5.18. The zero-order chi connectivity index (χ0) is 16.9. The van der Waals surface area contributed by atoms with Crippen molar-refractivity contribution < 1.29 is 14.6 Å². The van der Waals surface area contributed by atoms with E-state index in [4.69, 9.17) is 9.84 Å². The topological polar surface area (TPSA) is 100 Å². The zero-order valence-corrected chi connectivity index (χ0v) is 13.0. The van der Waals surface area contributed by atoms with E-state index in [0.717, 1.165) is 11.3 Å². The molecular weight excluding hydrogens is 308 g/mol. The number of benzene rings is 1. The van der Waals surface area contributed by atoms with E-state index in [1.165, 1.54) is 6.07 Å². The normalized spacial score (nSPS) is 10.5. The van der Waals surface area contributed by atoms with E-state index in [2.05, 4.69) is 20.3 Å². The molecule has 0 saturated carbocycles. The summed E-state index contributed by atoms with van der Waals surface area (Å²) in [6.07, 6.45) is 3.28. The van der Waals surface area contributed by atoms with Crippen molar-refractivity contribution in [2.75, 3.05) is 12.4 Å². The Hall–Kier alpha value is -3.19. The number of methoxy groups -OCH3 is 1. The van der Waals surface area contributed by atoms with Crippen LogP contribution in [-0.2, 0) is 11.3 Å². The number of carbonyl (C=O) groups is 1. The third-order valence-electron chi connectivity index (χ3n) is 3.38. The Labute approximate surface area is 138 Å². The summed E-state index contributed by atoms with van der Waals surface area (Å²) in [5.74, 6) is -0.597. The van der Waals surface area contributed by atoms with Gasteiger partial charge in [0.2, 0.25) is 5.95 Å². The highest BCUT2D eigenvalue weighted by Gasteiger charge is 2.14. The summed E-state index contributed by atoms with van der Waals surface area (Å²) in [6.45, 7) is 0.328. The molecule has 122 valence electrons. The molecule has 0 atom stereocenters. The van der Waals surface area contributed by atoms with Crippen LogP contribution < -0.4 is 5.32 Å². The molecule has 0 aliphatic heterocycles. The molecule has 0 bridgehead atoms. The Morgan fingerprint density at radius 1 is 1.33 bits per heavy atom. The number of carboxylic acid groups (broad SMARTS) is 1. The van der Waals surface area contributed by atoms with E-state index in [9.17, 15) is 4.79 Å². The molecule has 0 aliphatic carbocycles. The number of H-pyrrole nitrogens is 1. The molecule has 2 heterocycles. The molecule has 0 fully saturated rings. The van der Waals surface area contributed by atoms with Gasteiger partial charge in [0.1, 0.15) is 5.69 Å². The van der Waals surface area contributed by atoms with Crippen molar-refractivity contribution >= 4 is 17.6 Å². The maximum absolute atomic E-state index is 11.1. The number of hydrogen-bond acceptors (Lipinski definition) is 5. The molecule has 0 amide bonds. The molecular formula is C17H16N4O3. The quantitative estimate of drug-likeness (QED) is 0.644. The molecule has 0 radical (unpaired) electrons. The SMILES string of the molecule is COCc1cnc(Nc2ccccc2)nc1-c1c[nH]c(C(=O)O)c1. The van der Waals surface area contributed by atoms with Gasteiger partial charge in [-0.1, -0.05) is 18.2 Å². The van der Waals surface area contributed by atoms with Crippen LogP contribution in [0.2, 0.25) is 0 Å². The maximum atomic E-state index is 11.1. The van der Waals surface area contributed by atoms with Crippen LogP contribution in [0.15, 0.2) is 48.8 Å². The van der Waals surface area contributed by atoms with Gasteiger partial charge in [-0.15, -0.1) is 0 Å². The predicted octanol–water partition coefficient (Wildman–Crippen LogP) is 3.06. The first-order valence-electron chi connectivity index (χ1n) is 7.26. The monoisotopic (exact) mass is 324 g/mol. The van der Waals surface area contributed by atoms with Gasteiger partial charge in [0, 0.05) is 36.3 Å². The smallest absolute Gasteiger partial charge is 0.352 e. The highest BCUT2D eigenvalue weighted by molar-refractivity contribution is 5.87. The van der Waals surface area contributed by atoms with Crippen LogP contribution in [0, 0.1) is 0 Å². The van der Waals surface area contributed by atoms with Crippen LogP contribution >= 0.6 is 0 Å². The van der Waals surface area contributed by atoms with Gasteiger partial charge in [-0.2, -0.15) is 0 Å². The molecule has 0 unspecified atom stereocenters. The molecule has 3 aromatic rings. The fourth-order valence-electron chi connectivity index (χ4n) is 2.28. The van der Waals surface area contributed by atoms with E-state index >= 15 is 0 Å². The summed E-state index contributed by atoms with van der Waals surface area (Å²) in [5, 5.41) is 12.2. The Morgan fingerprint density at radius 2 is 2.12 bits per heavy atom. The minimum absolute atomic E-state index is 0.101. The lowest BCUT2D eigenvalue weighted by molar-refractivity contribution is 0.0691. The number of nitrogens with one attached hydrogen (secondary N) is 2. The Bertz CT molecular complexity index is 846. The van der Waals surface area contributed by atoms with Crippen molar-refractivity contribution in [1.82, 2.24) is 15.0 Å². The van der Waals surface area contributed by atoms with Gasteiger partial charge >= 0.3 is 5.97 Å². The van der Waals surface area contributed by atoms with Crippen LogP contribution in [0.1, 0.15) is 16.1 Å². The van der Waals surface area contributed by atoms with Crippen LogP contribution in [-0.4, -0.2) is 33.1 Å². The number of rotatable bonds is 6. The number of carboxylic acids is 1. The Morgan fingerprint density at radius 3 is 2.79 bits per heavy atom. The lowest BCUT2D eigenvalue weighted by atomic mass is 10.1. The lowest BCUT2D eigenvalue weighted by Gasteiger charge is -2.10. The van der Waals surface area contributed by atoms with Gasteiger partial charge in [0.25, 0.3) is 0 Å². The number of anilines is 2. The lowest BCUT2D eigenvalue weighted by Crippen LogP contribution is -2.02. The number of ether oxygens (including phenoxy) is 1. The minimum atomic E-state index is -1.02. The van der Waals surface area contributed by atoms with E-state index in [1.807, 2.05) is 30.3 Å². The molecule has 0 aliphatic rings. The van der Waals surface area contributed by atoms with Crippen molar-refractivity contribution in [3.05, 3.63) is 60.0 Å². The molecule has 0 saturated heterocycles. The summed E-state index contributed by atoms with van der Waals surface area (Å²) in [4.78, 5) is 22.6. The van der Waals surface area contributed by atoms with E-state index in [-0.39, 0.29) is 5.69 Å². The number of para-hydroxylation sites is 1.